The van der Waals surface area contributed by atoms with Crippen molar-refractivity contribution in [3.8, 4) is 22.3 Å². The summed E-state index contributed by atoms with van der Waals surface area (Å²) in [5.41, 5.74) is 13.1. The molecule has 0 radical (unpaired) electrons. The van der Waals surface area contributed by atoms with Crippen LogP contribution >= 0.6 is 0 Å². The number of nitrogens with two attached hydrogens (primary N) is 1. The van der Waals surface area contributed by atoms with Crippen molar-refractivity contribution in [3.63, 3.8) is 0 Å². The Hall–Kier alpha value is -5.38. The predicted molar refractivity (Wildman–Crippen MR) is 222 cm³/mol. The lowest BCUT2D eigenvalue weighted by Gasteiger charge is -2.30. The first kappa shape index (κ1) is 43.0. The van der Waals surface area contributed by atoms with Crippen LogP contribution in [0.4, 0.5) is 22.7 Å². The van der Waals surface area contributed by atoms with Crippen LogP contribution in [0, 0.1) is 47.6 Å². The van der Waals surface area contributed by atoms with E-state index < -0.39 is 11.9 Å². The highest BCUT2D eigenvalue weighted by Crippen LogP contribution is 2.36. The zero-order valence-electron chi connectivity index (χ0n) is 33.5. The highest BCUT2D eigenvalue weighted by Gasteiger charge is 2.24. The molecule has 0 aliphatic rings. The van der Waals surface area contributed by atoms with E-state index in [9.17, 15) is 29.9 Å². The van der Waals surface area contributed by atoms with Gasteiger partial charge in [0, 0.05) is 32.2 Å². The van der Waals surface area contributed by atoms with E-state index in [4.69, 9.17) is 5.73 Å². The summed E-state index contributed by atoms with van der Waals surface area (Å²) in [5, 5.41) is 31.0. The average Bonchev–Trinajstić information content (AvgIpc) is 3.06. The fourth-order valence-electron chi connectivity index (χ4n) is 6.80. The van der Waals surface area contributed by atoms with Gasteiger partial charge in [0.15, 0.2) is 0 Å². The summed E-state index contributed by atoms with van der Waals surface area (Å²) in [6.45, 7) is 24.0. The van der Waals surface area contributed by atoms with E-state index in [-0.39, 0.29) is 16.2 Å². The number of benzene rings is 4. The smallest absolute Gasteiger partial charge is 0.336 e. The van der Waals surface area contributed by atoms with Crippen molar-refractivity contribution in [2.75, 3.05) is 41.7 Å². The molecule has 0 amide bonds. The van der Waals surface area contributed by atoms with Crippen molar-refractivity contribution in [1.82, 2.24) is 0 Å². The van der Waals surface area contributed by atoms with E-state index in [0.717, 1.165) is 29.9 Å². The number of carboxylic acids is 2. The van der Waals surface area contributed by atoms with Crippen molar-refractivity contribution in [2.24, 2.45) is 23.7 Å². The molecule has 0 saturated carbocycles. The Labute approximate surface area is 320 Å². The number of aryl methyl sites for hydroxylation is 2. The minimum absolute atomic E-state index is 0.00311. The normalized spacial score (nSPS) is 11.1. The Bertz CT molecular complexity index is 1910. The number of aromatic carboxylic acids is 2. The number of hydrogen-bond acceptors (Lipinski definition) is 7. The van der Waals surface area contributed by atoms with Crippen molar-refractivity contribution in [2.45, 2.75) is 69.2 Å². The van der Waals surface area contributed by atoms with E-state index in [0.29, 0.717) is 76.0 Å². The third-order valence-electron chi connectivity index (χ3n) is 8.82. The molecule has 0 fully saturated rings. The van der Waals surface area contributed by atoms with Crippen molar-refractivity contribution in [1.29, 1.82) is 0 Å². The number of carbonyl (C=O) groups is 2. The molecule has 0 heterocycles. The van der Waals surface area contributed by atoms with Crippen molar-refractivity contribution >= 4 is 34.7 Å². The fraction of sp³-hybridized carbons (Fsp3) is 0.409. The average molecular weight is 739 g/mol. The number of anilines is 3. The Morgan fingerprint density at radius 3 is 1.35 bits per heavy atom. The summed E-state index contributed by atoms with van der Waals surface area (Å²) in [6, 6.07) is 21.6. The summed E-state index contributed by atoms with van der Waals surface area (Å²) in [6.07, 6.45) is 0. The van der Waals surface area contributed by atoms with Gasteiger partial charge in [-0.25, -0.2) is 9.59 Å². The molecule has 0 aromatic heterocycles. The second-order valence-electron chi connectivity index (χ2n) is 15.7. The SMILES string of the molecule is Cc1cccc(-c2ccc(N(CC(C)C)CC(C)C)c(N)c2)c1C(=O)O.Cc1cccc(-c2ccc(N(CC(C)C)CC(C)C)c([N+](=O)[O-])c2)c1C(=O)O. The third kappa shape index (κ3) is 11.3. The van der Waals surface area contributed by atoms with Crippen LogP contribution in [0.25, 0.3) is 22.3 Å². The number of hydrogen-bond donors (Lipinski definition) is 3. The molecule has 0 aliphatic carbocycles. The van der Waals surface area contributed by atoms with E-state index in [1.807, 2.05) is 48.2 Å². The molecule has 0 bridgehead atoms. The molecule has 0 spiro atoms. The lowest BCUT2D eigenvalue weighted by Crippen LogP contribution is -2.31. The first-order valence-corrected chi connectivity index (χ1v) is 18.7. The molecule has 54 heavy (non-hydrogen) atoms. The fourth-order valence-corrected chi connectivity index (χ4v) is 6.80. The van der Waals surface area contributed by atoms with Gasteiger partial charge in [0.05, 0.1) is 27.4 Å². The highest BCUT2D eigenvalue weighted by atomic mass is 16.6. The second kappa shape index (κ2) is 19.1. The van der Waals surface area contributed by atoms with Gasteiger partial charge in [0.25, 0.3) is 5.69 Å². The maximum absolute atomic E-state index is 11.8. The monoisotopic (exact) mass is 738 g/mol. The lowest BCUT2D eigenvalue weighted by molar-refractivity contribution is -0.384. The maximum atomic E-state index is 11.8. The topological polar surface area (TPSA) is 150 Å². The van der Waals surface area contributed by atoms with Crippen molar-refractivity contribution < 1.29 is 24.7 Å². The van der Waals surface area contributed by atoms with Gasteiger partial charge < -0.3 is 25.7 Å². The Morgan fingerprint density at radius 2 is 1.00 bits per heavy atom. The van der Waals surface area contributed by atoms with E-state index in [2.05, 4.69) is 60.3 Å². The quantitative estimate of drug-likeness (QED) is 0.0615. The van der Waals surface area contributed by atoms with Crippen LogP contribution in [0.2, 0.25) is 0 Å². The van der Waals surface area contributed by atoms with Gasteiger partial charge >= 0.3 is 11.9 Å². The summed E-state index contributed by atoms with van der Waals surface area (Å²) < 4.78 is 0. The predicted octanol–water partition coefficient (Wildman–Crippen LogP) is 10.4. The third-order valence-corrected chi connectivity index (χ3v) is 8.82. The van der Waals surface area contributed by atoms with Crippen LogP contribution in [0.5, 0.6) is 0 Å². The van der Waals surface area contributed by atoms with Gasteiger partial charge in [-0.15, -0.1) is 0 Å². The van der Waals surface area contributed by atoms with Gasteiger partial charge in [0.1, 0.15) is 5.69 Å². The minimum atomic E-state index is -1.04. The van der Waals surface area contributed by atoms with Crippen LogP contribution in [0.1, 0.15) is 87.2 Å². The zero-order chi connectivity index (χ0) is 40.4. The summed E-state index contributed by atoms with van der Waals surface area (Å²) >= 11 is 0. The van der Waals surface area contributed by atoms with Gasteiger partial charge in [-0.05, 0) is 89.1 Å². The molecule has 4 aromatic rings. The number of nitrogens with zero attached hydrogens (tertiary/aromatic N) is 3. The molecule has 4 rings (SSSR count). The zero-order valence-corrected chi connectivity index (χ0v) is 33.5. The molecule has 10 nitrogen and oxygen atoms in total. The van der Waals surface area contributed by atoms with Gasteiger partial charge in [-0.2, -0.15) is 0 Å². The van der Waals surface area contributed by atoms with E-state index in [1.165, 1.54) is 6.07 Å². The molecule has 0 unspecified atom stereocenters. The number of nitro groups is 1. The van der Waals surface area contributed by atoms with Crippen LogP contribution in [-0.4, -0.2) is 53.3 Å². The summed E-state index contributed by atoms with van der Waals surface area (Å²) in [5.74, 6) is -0.184. The molecule has 4 N–H and O–H groups in total. The highest BCUT2D eigenvalue weighted by molar-refractivity contribution is 5.99. The number of carboxylic acid groups (broad SMARTS) is 2. The van der Waals surface area contributed by atoms with Crippen LogP contribution in [-0.2, 0) is 0 Å². The van der Waals surface area contributed by atoms with Crippen LogP contribution in [0.15, 0.2) is 72.8 Å². The lowest BCUT2D eigenvalue weighted by atomic mass is 9.95. The Balaban J connectivity index is 0.000000291. The van der Waals surface area contributed by atoms with Gasteiger partial charge in [-0.3, -0.25) is 10.1 Å². The molecule has 0 aliphatic heterocycles. The van der Waals surface area contributed by atoms with Crippen LogP contribution in [0.3, 0.4) is 0 Å². The van der Waals surface area contributed by atoms with E-state index >= 15 is 0 Å². The second-order valence-corrected chi connectivity index (χ2v) is 15.7. The summed E-state index contributed by atoms with van der Waals surface area (Å²) in [4.78, 5) is 39.2. The Kier molecular flexibility index (Phi) is 15.2. The number of nitro benzene ring substituents is 1. The standard InChI is InChI=1S/C22H28N2O4.C22H30N2O2/c1-14(2)12-23(13-15(3)4)19-10-9-17(11-20(19)24(27)28)18-8-6-7-16(5)21(18)22(25)26;1-14(2)12-24(13-15(3)4)20-10-9-17(11-19(20)23)18-8-6-7-16(5)21(18)22(25)26/h6-11,14-15H,12-13H2,1-5H3,(H,25,26);6-11,14-15H,12-13,23H2,1-5H3,(H,25,26). The minimum Gasteiger partial charge on any atom is -0.478 e. The van der Waals surface area contributed by atoms with E-state index in [1.54, 1.807) is 37.3 Å². The summed E-state index contributed by atoms with van der Waals surface area (Å²) in [7, 11) is 0. The van der Waals surface area contributed by atoms with Crippen LogP contribution < -0.4 is 15.5 Å². The molecule has 4 aromatic carbocycles. The Morgan fingerprint density at radius 1 is 0.630 bits per heavy atom. The molecule has 0 atom stereocenters. The first-order valence-electron chi connectivity index (χ1n) is 18.7. The first-order chi connectivity index (χ1) is 25.3. The molecular formula is C44H58N4O6. The molecule has 10 heteroatoms. The number of rotatable bonds is 15. The molecular weight excluding hydrogens is 681 g/mol. The molecule has 290 valence electrons. The maximum Gasteiger partial charge on any atom is 0.336 e. The van der Waals surface area contributed by atoms with Gasteiger partial charge in [-0.1, -0.05) is 104 Å². The van der Waals surface area contributed by atoms with Gasteiger partial charge in [0.2, 0.25) is 0 Å². The largest absolute Gasteiger partial charge is 0.478 e. The number of nitrogen functional groups attached to an aromatic ring is 1. The van der Waals surface area contributed by atoms with Crippen molar-refractivity contribution in [3.05, 3.63) is 105 Å². The molecule has 0 saturated heterocycles.